The molecule has 0 spiro atoms. The standard InChI is InChI=1S/C11H26OSi/c1-7-8-9-10-12-13(5,6)11(2,3)4/h7-10H2,1-6H3. The summed E-state index contributed by atoms with van der Waals surface area (Å²) in [5.74, 6) is 0. The predicted molar refractivity (Wildman–Crippen MR) is 62.7 cm³/mol. The first kappa shape index (κ1) is 13.2. The van der Waals surface area contributed by atoms with Gasteiger partial charge in [0.05, 0.1) is 0 Å². The van der Waals surface area contributed by atoms with Crippen LogP contribution in [0.15, 0.2) is 0 Å². The molecule has 0 aromatic rings. The van der Waals surface area contributed by atoms with Crippen LogP contribution in [0.3, 0.4) is 0 Å². The zero-order valence-electron chi connectivity index (χ0n) is 10.2. The molecule has 13 heavy (non-hydrogen) atoms. The average molecular weight is 202 g/mol. The Bertz CT molecular complexity index is 136. The van der Waals surface area contributed by atoms with Gasteiger partial charge in [-0.1, -0.05) is 40.5 Å². The van der Waals surface area contributed by atoms with Gasteiger partial charge in [-0.05, 0) is 24.6 Å². The fourth-order valence-corrected chi connectivity index (χ4v) is 1.98. The molecule has 0 saturated heterocycles. The summed E-state index contributed by atoms with van der Waals surface area (Å²) in [4.78, 5) is 0. The lowest BCUT2D eigenvalue weighted by Gasteiger charge is -2.36. The Morgan fingerprint density at radius 2 is 1.62 bits per heavy atom. The number of unbranched alkanes of at least 4 members (excludes halogenated alkanes) is 2. The molecule has 0 N–H and O–H groups in total. The third-order valence-electron chi connectivity index (χ3n) is 3.02. The van der Waals surface area contributed by atoms with Crippen molar-refractivity contribution in [3.63, 3.8) is 0 Å². The zero-order chi connectivity index (χ0) is 10.5. The van der Waals surface area contributed by atoms with Crippen LogP contribution in [0.5, 0.6) is 0 Å². The summed E-state index contributed by atoms with van der Waals surface area (Å²) in [5, 5.41) is 0.360. The molecular formula is C11H26OSi. The van der Waals surface area contributed by atoms with Gasteiger partial charge >= 0.3 is 0 Å². The molecule has 80 valence electrons. The zero-order valence-corrected chi connectivity index (χ0v) is 11.2. The molecular weight excluding hydrogens is 176 g/mol. The van der Waals surface area contributed by atoms with Gasteiger partial charge in [0.15, 0.2) is 8.32 Å². The van der Waals surface area contributed by atoms with Gasteiger partial charge in [0.1, 0.15) is 0 Å². The lowest BCUT2D eigenvalue weighted by atomic mass is 10.2. The van der Waals surface area contributed by atoms with Crippen molar-refractivity contribution in [3.05, 3.63) is 0 Å². The maximum absolute atomic E-state index is 6.03. The van der Waals surface area contributed by atoms with Gasteiger partial charge in [-0.3, -0.25) is 0 Å². The Morgan fingerprint density at radius 3 is 2.00 bits per heavy atom. The molecule has 0 heterocycles. The Balaban J connectivity index is 3.77. The molecule has 0 amide bonds. The Labute approximate surface area is 85.0 Å². The van der Waals surface area contributed by atoms with Crippen molar-refractivity contribution in [2.75, 3.05) is 6.61 Å². The third-order valence-corrected chi connectivity index (χ3v) is 7.56. The van der Waals surface area contributed by atoms with Crippen molar-refractivity contribution >= 4 is 8.32 Å². The van der Waals surface area contributed by atoms with Crippen molar-refractivity contribution in [1.82, 2.24) is 0 Å². The summed E-state index contributed by atoms with van der Waals surface area (Å²) in [6.07, 6.45) is 3.80. The summed E-state index contributed by atoms with van der Waals surface area (Å²) >= 11 is 0. The molecule has 2 heteroatoms. The first-order valence-electron chi connectivity index (χ1n) is 5.45. The fourth-order valence-electron chi connectivity index (χ4n) is 0.896. The molecule has 0 unspecified atom stereocenters. The van der Waals surface area contributed by atoms with E-state index in [9.17, 15) is 0 Å². The van der Waals surface area contributed by atoms with E-state index >= 15 is 0 Å². The normalized spacial score (nSPS) is 13.4. The first-order valence-corrected chi connectivity index (χ1v) is 8.36. The molecule has 0 aliphatic carbocycles. The monoisotopic (exact) mass is 202 g/mol. The van der Waals surface area contributed by atoms with Crippen molar-refractivity contribution < 1.29 is 4.43 Å². The molecule has 0 bridgehead atoms. The molecule has 0 aliphatic heterocycles. The van der Waals surface area contributed by atoms with Crippen LogP contribution in [-0.2, 0) is 4.43 Å². The van der Waals surface area contributed by atoms with Crippen LogP contribution in [0.25, 0.3) is 0 Å². The van der Waals surface area contributed by atoms with Crippen LogP contribution in [0.4, 0.5) is 0 Å². The molecule has 0 fully saturated rings. The molecule has 0 saturated carbocycles. The smallest absolute Gasteiger partial charge is 0.191 e. The third kappa shape index (κ3) is 4.82. The van der Waals surface area contributed by atoms with Crippen molar-refractivity contribution in [2.24, 2.45) is 0 Å². The van der Waals surface area contributed by atoms with E-state index in [1.54, 1.807) is 0 Å². The lowest BCUT2D eigenvalue weighted by molar-refractivity contribution is 0.278. The highest BCUT2D eigenvalue weighted by Crippen LogP contribution is 2.36. The van der Waals surface area contributed by atoms with Crippen LogP contribution in [0.1, 0.15) is 47.0 Å². The van der Waals surface area contributed by atoms with Crippen molar-refractivity contribution in [3.8, 4) is 0 Å². The molecule has 1 nitrogen and oxygen atoms in total. The number of hydrogen-bond donors (Lipinski definition) is 0. The molecule has 0 radical (unpaired) electrons. The van der Waals surface area contributed by atoms with E-state index < -0.39 is 8.32 Å². The van der Waals surface area contributed by atoms with Gasteiger partial charge in [0.25, 0.3) is 0 Å². The van der Waals surface area contributed by atoms with Crippen LogP contribution >= 0.6 is 0 Å². The van der Waals surface area contributed by atoms with Gasteiger partial charge in [0.2, 0.25) is 0 Å². The van der Waals surface area contributed by atoms with E-state index in [0.717, 1.165) is 6.61 Å². The highest BCUT2D eigenvalue weighted by Gasteiger charge is 2.36. The summed E-state index contributed by atoms with van der Waals surface area (Å²) < 4.78 is 6.03. The molecule has 0 rings (SSSR count). The second-order valence-corrected chi connectivity index (χ2v) is 10.1. The largest absolute Gasteiger partial charge is 0.417 e. The van der Waals surface area contributed by atoms with Gasteiger partial charge in [-0.25, -0.2) is 0 Å². The summed E-state index contributed by atoms with van der Waals surface area (Å²) in [6, 6.07) is 0. The van der Waals surface area contributed by atoms with E-state index in [2.05, 4.69) is 40.8 Å². The molecule has 0 aliphatic rings. The SMILES string of the molecule is CCCCCO[Si](C)(C)C(C)(C)C. The van der Waals surface area contributed by atoms with E-state index in [1.807, 2.05) is 0 Å². The second-order valence-electron chi connectivity index (χ2n) is 5.32. The average Bonchev–Trinajstić information content (AvgIpc) is 1.96. The molecule has 0 aromatic heterocycles. The lowest BCUT2D eigenvalue weighted by Crippen LogP contribution is -2.40. The van der Waals surface area contributed by atoms with E-state index in [4.69, 9.17) is 4.43 Å². The minimum absolute atomic E-state index is 0.360. The highest BCUT2D eigenvalue weighted by atomic mass is 28.4. The van der Waals surface area contributed by atoms with Crippen molar-refractivity contribution in [1.29, 1.82) is 0 Å². The van der Waals surface area contributed by atoms with Crippen molar-refractivity contribution in [2.45, 2.75) is 65.1 Å². The van der Waals surface area contributed by atoms with Gasteiger partial charge in [-0.15, -0.1) is 0 Å². The molecule has 0 aromatic carbocycles. The minimum atomic E-state index is -1.45. The Hall–Kier alpha value is 0.177. The molecule has 0 atom stereocenters. The van der Waals surface area contributed by atoms with Gasteiger partial charge in [-0.2, -0.15) is 0 Å². The van der Waals surface area contributed by atoms with Crippen LogP contribution < -0.4 is 0 Å². The maximum Gasteiger partial charge on any atom is 0.191 e. The highest BCUT2D eigenvalue weighted by molar-refractivity contribution is 6.74. The van der Waals surface area contributed by atoms with E-state index in [0.29, 0.717) is 5.04 Å². The summed E-state index contributed by atoms with van der Waals surface area (Å²) in [5.41, 5.74) is 0. The summed E-state index contributed by atoms with van der Waals surface area (Å²) in [6.45, 7) is 14.7. The van der Waals surface area contributed by atoms with Gasteiger partial charge in [0, 0.05) is 6.61 Å². The number of hydrogen-bond acceptors (Lipinski definition) is 1. The minimum Gasteiger partial charge on any atom is -0.417 e. The predicted octanol–water partition coefficient (Wildman–Crippen LogP) is 4.20. The van der Waals surface area contributed by atoms with Gasteiger partial charge < -0.3 is 4.43 Å². The quantitative estimate of drug-likeness (QED) is 0.479. The van der Waals surface area contributed by atoms with E-state index in [1.165, 1.54) is 19.3 Å². The van der Waals surface area contributed by atoms with Crippen LogP contribution in [0.2, 0.25) is 18.1 Å². The number of rotatable bonds is 5. The Morgan fingerprint density at radius 1 is 1.08 bits per heavy atom. The van der Waals surface area contributed by atoms with Crippen LogP contribution in [0, 0.1) is 0 Å². The fraction of sp³-hybridized carbons (Fsp3) is 1.00. The topological polar surface area (TPSA) is 9.23 Å². The van der Waals surface area contributed by atoms with E-state index in [-0.39, 0.29) is 0 Å². The first-order chi connectivity index (χ1) is 5.81. The second kappa shape index (κ2) is 5.16. The Kier molecular flexibility index (Phi) is 5.23. The maximum atomic E-state index is 6.03. The summed E-state index contributed by atoms with van der Waals surface area (Å²) in [7, 11) is -1.45. The van der Waals surface area contributed by atoms with Crippen LogP contribution in [-0.4, -0.2) is 14.9 Å².